The highest BCUT2D eigenvalue weighted by Gasteiger charge is 2.22. The van der Waals surface area contributed by atoms with Crippen molar-refractivity contribution in [3.05, 3.63) is 34.9 Å². The molecule has 1 rings (SSSR count). The average Bonchev–Trinajstić information content (AvgIpc) is 2.37. The number of hydrogen-bond acceptors (Lipinski definition) is 3. The molecule has 0 saturated heterocycles. The van der Waals surface area contributed by atoms with Gasteiger partial charge in [-0.3, -0.25) is 0 Å². The van der Waals surface area contributed by atoms with Crippen molar-refractivity contribution in [1.29, 1.82) is 0 Å². The normalized spacial score (nSPS) is 13.7. The molecule has 0 aliphatic heterocycles. The topological polar surface area (TPSA) is 69.6 Å². The second kappa shape index (κ2) is 7.21. The summed E-state index contributed by atoms with van der Waals surface area (Å²) in [5.41, 5.74) is 0.667. The molecule has 0 radical (unpaired) electrons. The molecule has 0 fully saturated rings. The van der Waals surface area contributed by atoms with E-state index in [1.165, 1.54) is 11.4 Å². The van der Waals surface area contributed by atoms with Crippen LogP contribution >= 0.6 is 11.6 Å². The molecule has 0 saturated carbocycles. The zero-order chi connectivity index (χ0) is 14.5. The maximum Gasteiger partial charge on any atom is 0.279 e. The molecule has 7 heteroatoms. The van der Waals surface area contributed by atoms with Gasteiger partial charge in [0.2, 0.25) is 0 Å². The minimum absolute atomic E-state index is 0.319. The zero-order valence-corrected chi connectivity index (χ0v) is 12.6. The Balaban J connectivity index is 2.85. The maximum atomic E-state index is 12.0. The summed E-state index contributed by atoms with van der Waals surface area (Å²) in [6.07, 6.45) is 0.724. The van der Waals surface area contributed by atoms with E-state index in [1.54, 1.807) is 24.3 Å². The molecule has 5 nitrogen and oxygen atoms in total. The highest BCUT2D eigenvalue weighted by molar-refractivity contribution is 7.87. The molecule has 1 aromatic carbocycles. The highest BCUT2D eigenvalue weighted by atomic mass is 35.5. The number of benzene rings is 1. The Morgan fingerprint density at radius 3 is 2.42 bits per heavy atom. The maximum absolute atomic E-state index is 12.0. The van der Waals surface area contributed by atoms with Gasteiger partial charge in [-0.2, -0.15) is 17.4 Å². The molecule has 0 aliphatic carbocycles. The predicted octanol–water partition coefficient (Wildman–Crippen LogP) is 1.55. The van der Waals surface area contributed by atoms with Gasteiger partial charge in [0.25, 0.3) is 10.2 Å². The van der Waals surface area contributed by atoms with Crippen LogP contribution in [0.2, 0.25) is 5.02 Å². The lowest BCUT2D eigenvalue weighted by atomic mass is 10.1. The van der Waals surface area contributed by atoms with Crippen molar-refractivity contribution >= 4 is 21.8 Å². The predicted molar refractivity (Wildman–Crippen MR) is 76.3 cm³/mol. The Hall–Kier alpha value is -0.660. The molecule has 0 heterocycles. The van der Waals surface area contributed by atoms with Gasteiger partial charge in [0.05, 0.1) is 12.6 Å². The second-order valence-electron chi connectivity index (χ2n) is 4.23. The summed E-state index contributed by atoms with van der Waals surface area (Å²) < 4.78 is 27.7. The van der Waals surface area contributed by atoms with E-state index in [4.69, 9.17) is 11.6 Å². The van der Waals surface area contributed by atoms with Gasteiger partial charge in [0.1, 0.15) is 0 Å². The molecule has 1 aromatic rings. The number of nitrogens with one attached hydrogen (secondary N) is 1. The highest BCUT2D eigenvalue weighted by Crippen LogP contribution is 2.17. The van der Waals surface area contributed by atoms with E-state index in [0.717, 1.165) is 6.42 Å². The molecule has 2 N–H and O–H groups in total. The summed E-state index contributed by atoms with van der Waals surface area (Å²) in [4.78, 5) is 0. The van der Waals surface area contributed by atoms with Crippen molar-refractivity contribution in [3.63, 3.8) is 0 Å². The summed E-state index contributed by atoms with van der Waals surface area (Å²) in [5.74, 6) is 0. The van der Waals surface area contributed by atoms with Gasteiger partial charge in [-0.25, -0.2) is 0 Å². The Labute approximate surface area is 119 Å². The molecule has 19 heavy (non-hydrogen) atoms. The third-order valence-corrected chi connectivity index (χ3v) is 4.53. The van der Waals surface area contributed by atoms with Gasteiger partial charge in [0.15, 0.2) is 0 Å². The van der Waals surface area contributed by atoms with Gasteiger partial charge in [-0.1, -0.05) is 30.7 Å². The van der Waals surface area contributed by atoms with Crippen molar-refractivity contribution in [2.75, 3.05) is 20.2 Å². The summed E-state index contributed by atoms with van der Waals surface area (Å²) in [5, 5.41) is 9.91. The first-order valence-electron chi connectivity index (χ1n) is 6.00. The molecule has 1 unspecified atom stereocenters. The molecule has 0 bridgehead atoms. The van der Waals surface area contributed by atoms with Crippen LogP contribution in [0.25, 0.3) is 0 Å². The van der Waals surface area contributed by atoms with Crippen molar-refractivity contribution in [2.24, 2.45) is 0 Å². The van der Waals surface area contributed by atoms with Crippen LogP contribution in [-0.2, 0) is 10.2 Å². The molecular formula is C12H19ClN2O3S. The van der Waals surface area contributed by atoms with Gasteiger partial charge >= 0.3 is 0 Å². The molecular weight excluding hydrogens is 288 g/mol. The second-order valence-corrected chi connectivity index (χ2v) is 6.48. The smallest absolute Gasteiger partial charge is 0.279 e. The fraction of sp³-hybridized carbons (Fsp3) is 0.500. The number of nitrogens with zero attached hydrogens (tertiary/aromatic N) is 1. The van der Waals surface area contributed by atoms with Gasteiger partial charge in [-0.15, -0.1) is 0 Å². The van der Waals surface area contributed by atoms with E-state index in [0.29, 0.717) is 17.1 Å². The van der Waals surface area contributed by atoms with Crippen LogP contribution in [0, 0.1) is 0 Å². The van der Waals surface area contributed by atoms with E-state index >= 15 is 0 Å². The average molecular weight is 307 g/mol. The zero-order valence-electron chi connectivity index (χ0n) is 11.0. The minimum atomic E-state index is -3.60. The van der Waals surface area contributed by atoms with E-state index in [1.807, 2.05) is 6.92 Å². The number of hydrogen-bond donors (Lipinski definition) is 2. The van der Waals surface area contributed by atoms with Crippen LogP contribution < -0.4 is 4.72 Å². The van der Waals surface area contributed by atoms with Gasteiger partial charge in [0, 0.05) is 18.6 Å². The summed E-state index contributed by atoms with van der Waals surface area (Å²) in [6.45, 7) is 2.00. The quantitative estimate of drug-likeness (QED) is 0.803. The lowest BCUT2D eigenvalue weighted by Gasteiger charge is -2.22. The lowest BCUT2D eigenvalue weighted by Crippen LogP contribution is -2.41. The van der Waals surface area contributed by atoms with E-state index in [2.05, 4.69) is 4.72 Å². The summed E-state index contributed by atoms with van der Waals surface area (Å²) >= 11 is 5.77. The Kier molecular flexibility index (Phi) is 6.22. The Morgan fingerprint density at radius 2 is 1.95 bits per heavy atom. The monoisotopic (exact) mass is 306 g/mol. The third-order valence-electron chi connectivity index (χ3n) is 2.69. The van der Waals surface area contributed by atoms with E-state index in [9.17, 15) is 13.5 Å². The first-order valence-corrected chi connectivity index (χ1v) is 7.82. The van der Waals surface area contributed by atoms with Crippen LogP contribution in [0.3, 0.4) is 0 Å². The molecule has 0 aromatic heterocycles. The fourth-order valence-corrected chi connectivity index (χ4v) is 2.91. The largest absolute Gasteiger partial charge is 0.394 e. The first-order chi connectivity index (χ1) is 8.90. The van der Waals surface area contributed by atoms with Crippen LogP contribution in [-0.4, -0.2) is 38.0 Å². The van der Waals surface area contributed by atoms with Crippen LogP contribution in [0.4, 0.5) is 0 Å². The number of aliphatic hydroxyl groups excluding tert-OH is 1. The molecule has 0 amide bonds. The van der Waals surface area contributed by atoms with Crippen molar-refractivity contribution in [1.82, 2.24) is 9.03 Å². The Morgan fingerprint density at radius 1 is 1.37 bits per heavy atom. The molecule has 1 atom stereocenters. The molecule has 0 aliphatic rings. The van der Waals surface area contributed by atoms with Crippen LogP contribution in [0.1, 0.15) is 24.9 Å². The van der Waals surface area contributed by atoms with Gasteiger partial charge < -0.3 is 5.11 Å². The fourth-order valence-electron chi connectivity index (χ4n) is 1.61. The number of aliphatic hydroxyl groups is 1. The third kappa shape index (κ3) is 4.74. The van der Waals surface area contributed by atoms with Crippen LogP contribution in [0.5, 0.6) is 0 Å². The van der Waals surface area contributed by atoms with E-state index < -0.39 is 16.3 Å². The lowest BCUT2D eigenvalue weighted by molar-refractivity contribution is 0.256. The number of halogens is 1. The SMILES string of the molecule is CCCN(C)S(=O)(=O)NC(CO)c1ccc(Cl)cc1. The first kappa shape index (κ1) is 16.4. The van der Waals surface area contributed by atoms with E-state index in [-0.39, 0.29) is 6.61 Å². The van der Waals surface area contributed by atoms with Crippen molar-refractivity contribution < 1.29 is 13.5 Å². The summed E-state index contributed by atoms with van der Waals surface area (Å²) in [6, 6.07) is 6.01. The minimum Gasteiger partial charge on any atom is -0.394 e. The Bertz CT molecular complexity index is 490. The standard InChI is InChI=1S/C12H19ClN2O3S/c1-3-8-15(2)19(17,18)14-12(9-16)10-4-6-11(13)7-5-10/h4-7,12,14,16H,3,8-9H2,1-2H3. The summed E-state index contributed by atoms with van der Waals surface area (Å²) in [7, 11) is -2.10. The van der Waals surface area contributed by atoms with Crippen molar-refractivity contribution in [2.45, 2.75) is 19.4 Å². The van der Waals surface area contributed by atoms with Gasteiger partial charge in [-0.05, 0) is 24.1 Å². The molecule has 108 valence electrons. The van der Waals surface area contributed by atoms with Crippen molar-refractivity contribution in [3.8, 4) is 0 Å². The van der Waals surface area contributed by atoms with Crippen LogP contribution in [0.15, 0.2) is 24.3 Å². The molecule has 0 spiro atoms. The number of rotatable bonds is 7.